The molecule has 2 saturated carbocycles. The Hall–Kier alpha value is -2.45. The number of aliphatic hydroxyl groups excluding tert-OH is 1. The van der Waals surface area contributed by atoms with Gasteiger partial charge >= 0.3 is 23.8 Å². The van der Waals surface area contributed by atoms with Crippen LogP contribution in [0.15, 0.2) is 0 Å². The number of unbranched alkanes of at least 4 members (excludes halogenated alkanes) is 8. The van der Waals surface area contributed by atoms with E-state index in [2.05, 4.69) is 0 Å². The summed E-state index contributed by atoms with van der Waals surface area (Å²) < 4.78 is 61.9. The normalized spacial score (nSPS) is 27.0. The number of alkyl halides is 4. The Morgan fingerprint density at radius 3 is 1.80 bits per heavy atom. The van der Waals surface area contributed by atoms with Crippen molar-refractivity contribution in [2.24, 2.45) is 23.7 Å². The maximum atomic E-state index is 14.4. The number of hydrogen-bond acceptors (Lipinski definition) is 8. The molecule has 1 heterocycles. The average Bonchev–Trinajstić information content (AvgIpc) is 3.55. The highest BCUT2D eigenvalue weighted by Crippen LogP contribution is 2.49. The van der Waals surface area contributed by atoms with E-state index in [4.69, 9.17) is 14.9 Å². The number of fused-ring (bicyclic) bond motifs is 1. The summed E-state index contributed by atoms with van der Waals surface area (Å²) in [6.45, 7) is 3.60. The SMILES string of the molecule is CCCCC(F)(F)C(=O)CC[C@H]1[C@H](O)CC(=O)[C@@H]1CCCCCCC(=O)O.CCCCC(F)(F)[C@@]1(O)CC[C@H]2[C@@H](CC(=O)[C@@H]2CCCCCCC(=O)O)O1. The lowest BCUT2D eigenvalue weighted by Crippen LogP contribution is -2.55. The molecule has 0 bridgehead atoms. The predicted octanol–water partition coefficient (Wildman–Crippen LogP) is 8.46. The van der Waals surface area contributed by atoms with Crippen LogP contribution < -0.4 is 0 Å². The van der Waals surface area contributed by atoms with Gasteiger partial charge in [0.2, 0.25) is 11.6 Å². The lowest BCUT2D eigenvalue weighted by Gasteiger charge is -2.43. The molecule has 4 N–H and O–H groups in total. The first kappa shape index (κ1) is 47.7. The summed E-state index contributed by atoms with van der Waals surface area (Å²) in [7, 11) is 0. The van der Waals surface area contributed by atoms with E-state index in [1.54, 1.807) is 6.92 Å². The zero-order valence-electron chi connectivity index (χ0n) is 32.2. The van der Waals surface area contributed by atoms with E-state index >= 15 is 0 Å². The fourth-order valence-corrected chi connectivity index (χ4v) is 8.22. The van der Waals surface area contributed by atoms with Gasteiger partial charge in [0.05, 0.1) is 12.2 Å². The van der Waals surface area contributed by atoms with Crippen molar-refractivity contribution in [3.8, 4) is 0 Å². The lowest BCUT2D eigenvalue weighted by atomic mass is 9.81. The number of halogens is 4. The Morgan fingerprint density at radius 2 is 1.24 bits per heavy atom. The summed E-state index contributed by atoms with van der Waals surface area (Å²) in [5.41, 5.74) is 0. The first-order valence-corrected chi connectivity index (χ1v) is 20.2. The van der Waals surface area contributed by atoms with Crippen LogP contribution in [0.1, 0.15) is 168 Å². The molecule has 0 unspecified atom stereocenters. The molecule has 54 heavy (non-hydrogen) atoms. The molecule has 0 amide bonds. The number of carbonyl (C=O) groups is 5. The number of aliphatic hydroxyl groups is 2. The summed E-state index contributed by atoms with van der Waals surface area (Å²) in [5.74, 6) is -13.0. The second-order valence-electron chi connectivity index (χ2n) is 15.7. The standard InChI is InChI=1S/2C20H32F2O5/c1-2-3-11-19(21,22)20(26)12-10-15-14(16(23)13-17(15)27-20)8-6-4-5-7-9-18(24)25;1-2-3-12-20(21,22)18(25)11-10-15-14(16(23)13-17(15)24)8-6-4-5-7-9-19(26)27/h14-15,17,26H,2-13H2,1H3,(H,24,25);14-15,17,24H,2-13H2,1H3,(H,26,27)/t14-,15-,17-,20-;14-,15-,17-/m11/s1. The van der Waals surface area contributed by atoms with E-state index in [0.29, 0.717) is 51.4 Å². The molecular formula is C40H64F4O10. The highest BCUT2D eigenvalue weighted by Gasteiger charge is 2.60. The second-order valence-corrected chi connectivity index (χ2v) is 15.7. The Kier molecular flexibility index (Phi) is 20.3. The summed E-state index contributed by atoms with van der Waals surface area (Å²) in [4.78, 5) is 57.3. The van der Waals surface area contributed by atoms with Gasteiger partial charge in [-0.05, 0) is 63.2 Å². The predicted molar refractivity (Wildman–Crippen MR) is 192 cm³/mol. The van der Waals surface area contributed by atoms with Crippen LogP contribution in [-0.4, -0.2) is 79.6 Å². The van der Waals surface area contributed by atoms with Gasteiger partial charge in [0.1, 0.15) is 11.6 Å². The third kappa shape index (κ3) is 14.9. The fourth-order valence-electron chi connectivity index (χ4n) is 8.22. The summed E-state index contributed by atoms with van der Waals surface area (Å²) in [6, 6.07) is 0. The fraction of sp³-hybridized carbons (Fsp3) is 0.875. The van der Waals surface area contributed by atoms with E-state index < -0.39 is 72.2 Å². The van der Waals surface area contributed by atoms with Crippen molar-refractivity contribution in [2.75, 3.05) is 0 Å². The number of carboxylic acid groups (broad SMARTS) is 2. The maximum Gasteiger partial charge on any atom is 0.305 e. The van der Waals surface area contributed by atoms with E-state index in [9.17, 15) is 51.7 Å². The zero-order chi connectivity index (χ0) is 40.5. The van der Waals surface area contributed by atoms with Gasteiger partial charge in [0.15, 0.2) is 0 Å². The Labute approximate surface area is 317 Å². The second kappa shape index (κ2) is 22.9. The Balaban J connectivity index is 0.000000373. The molecule has 0 spiro atoms. The minimum atomic E-state index is -3.33. The molecule has 2 aliphatic carbocycles. The molecule has 0 aromatic heterocycles. The van der Waals surface area contributed by atoms with Gasteiger partial charge in [-0.15, -0.1) is 0 Å². The van der Waals surface area contributed by atoms with Crippen LogP contribution in [-0.2, 0) is 28.7 Å². The maximum absolute atomic E-state index is 14.4. The highest BCUT2D eigenvalue weighted by atomic mass is 19.3. The zero-order valence-corrected chi connectivity index (χ0v) is 32.2. The molecule has 1 saturated heterocycles. The van der Waals surface area contributed by atoms with Crippen LogP contribution in [0.2, 0.25) is 0 Å². The Morgan fingerprint density at radius 1 is 0.722 bits per heavy atom. The number of hydrogen-bond donors (Lipinski definition) is 4. The van der Waals surface area contributed by atoms with Gasteiger partial charge in [-0.25, -0.2) is 8.78 Å². The first-order chi connectivity index (χ1) is 25.4. The smallest absolute Gasteiger partial charge is 0.305 e. The van der Waals surface area contributed by atoms with Gasteiger partial charge in [-0.1, -0.05) is 65.2 Å². The van der Waals surface area contributed by atoms with Crippen LogP contribution in [0.4, 0.5) is 17.6 Å². The molecule has 312 valence electrons. The Bertz CT molecular complexity index is 1210. The van der Waals surface area contributed by atoms with Gasteiger partial charge in [0, 0.05) is 63.2 Å². The molecule has 0 aromatic rings. The van der Waals surface area contributed by atoms with Gasteiger partial charge in [-0.2, -0.15) is 8.78 Å². The van der Waals surface area contributed by atoms with Crippen LogP contribution in [0.3, 0.4) is 0 Å². The van der Waals surface area contributed by atoms with Crippen molar-refractivity contribution in [3.05, 3.63) is 0 Å². The van der Waals surface area contributed by atoms with Crippen molar-refractivity contribution in [1.29, 1.82) is 0 Å². The molecule has 7 atom stereocenters. The highest BCUT2D eigenvalue weighted by molar-refractivity contribution is 5.86. The number of carbonyl (C=O) groups excluding carboxylic acids is 3. The minimum Gasteiger partial charge on any atom is -0.481 e. The van der Waals surface area contributed by atoms with Crippen LogP contribution in [0.5, 0.6) is 0 Å². The van der Waals surface area contributed by atoms with Crippen molar-refractivity contribution in [1.82, 2.24) is 0 Å². The van der Waals surface area contributed by atoms with Crippen molar-refractivity contribution in [2.45, 2.75) is 198 Å². The topological polar surface area (TPSA) is 175 Å². The van der Waals surface area contributed by atoms with E-state index in [-0.39, 0.29) is 74.8 Å². The molecule has 10 nitrogen and oxygen atoms in total. The van der Waals surface area contributed by atoms with Crippen LogP contribution in [0.25, 0.3) is 0 Å². The van der Waals surface area contributed by atoms with E-state index in [1.807, 2.05) is 6.92 Å². The first-order valence-electron chi connectivity index (χ1n) is 20.2. The molecule has 3 rings (SSSR count). The monoisotopic (exact) mass is 780 g/mol. The molecule has 0 radical (unpaired) electrons. The number of Topliss-reactive ketones (excluding diaryl/α,β-unsaturated/α-hetero) is 3. The third-order valence-electron chi connectivity index (χ3n) is 11.5. The lowest BCUT2D eigenvalue weighted by molar-refractivity contribution is -0.356. The molecule has 14 heteroatoms. The number of aliphatic carboxylic acids is 2. The number of carboxylic acids is 2. The summed E-state index contributed by atoms with van der Waals surface area (Å²) >= 11 is 0. The summed E-state index contributed by atoms with van der Waals surface area (Å²) in [6.07, 6.45) is 7.05. The summed E-state index contributed by atoms with van der Waals surface area (Å²) in [5, 5.41) is 37.8. The van der Waals surface area contributed by atoms with Gasteiger partial charge in [0.25, 0.3) is 0 Å². The molecule has 3 aliphatic rings. The van der Waals surface area contributed by atoms with E-state index in [0.717, 1.165) is 38.5 Å². The van der Waals surface area contributed by atoms with E-state index in [1.165, 1.54) is 0 Å². The minimum absolute atomic E-state index is 0.0226. The molecule has 1 aliphatic heterocycles. The number of ether oxygens (including phenoxy) is 1. The van der Waals surface area contributed by atoms with Crippen LogP contribution >= 0.6 is 0 Å². The van der Waals surface area contributed by atoms with Crippen molar-refractivity contribution >= 4 is 29.3 Å². The molecule has 0 aromatic carbocycles. The number of rotatable bonds is 25. The molecule has 3 fully saturated rings. The van der Waals surface area contributed by atoms with Crippen molar-refractivity contribution in [3.63, 3.8) is 0 Å². The average molecular weight is 781 g/mol. The largest absolute Gasteiger partial charge is 0.481 e. The number of ketones is 3. The third-order valence-corrected chi connectivity index (χ3v) is 11.5. The molecular weight excluding hydrogens is 716 g/mol. The quantitative estimate of drug-likeness (QED) is 0.0520. The van der Waals surface area contributed by atoms with Crippen molar-refractivity contribution < 1.29 is 66.7 Å². The van der Waals surface area contributed by atoms with Gasteiger partial charge < -0.3 is 25.2 Å². The van der Waals surface area contributed by atoms with Gasteiger partial charge in [-0.3, -0.25) is 24.0 Å². The van der Waals surface area contributed by atoms with Crippen LogP contribution in [0, 0.1) is 23.7 Å².